The van der Waals surface area contributed by atoms with Crippen LogP contribution in [0.1, 0.15) is 0 Å². The number of amides is 1. The number of hydrogen-bond acceptors (Lipinski definition) is 6. The van der Waals surface area contributed by atoms with Gasteiger partial charge in [-0.05, 0) is 5.21 Å². The molecule has 1 saturated heterocycles. The summed E-state index contributed by atoms with van der Waals surface area (Å²) in [5.74, 6) is 0.392. The van der Waals surface area contributed by atoms with Crippen molar-refractivity contribution in [3.05, 3.63) is 0 Å². The number of H-pyrrole nitrogens is 1. The average Bonchev–Trinajstić information content (AvgIpc) is 2.89. The largest absolute Gasteiger partial charge is 0.440 e. The minimum Gasteiger partial charge on any atom is -0.440 e. The molecule has 1 aromatic heterocycles. The summed E-state index contributed by atoms with van der Waals surface area (Å²) in [4.78, 5) is 14.3. The summed E-state index contributed by atoms with van der Waals surface area (Å²) in [7, 11) is 0. The highest BCUT2D eigenvalue weighted by Gasteiger charge is 2.31. The van der Waals surface area contributed by atoms with Gasteiger partial charge in [-0.2, -0.15) is 18.4 Å². The number of anilines is 1. The SMILES string of the molecule is O=C(OCC(F)(F)F)N1CCN(c2nn[nH]n2)CC1. The van der Waals surface area contributed by atoms with Crippen LogP contribution in [0.4, 0.5) is 23.9 Å². The smallest absolute Gasteiger partial charge is 0.422 e. The maximum atomic E-state index is 11.9. The van der Waals surface area contributed by atoms with Crippen LogP contribution in [0.15, 0.2) is 0 Å². The van der Waals surface area contributed by atoms with Crippen LogP contribution in [0.2, 0.25) is 0 Å². The molecule has 0 spiro atoms. The van der Waals surface area contributed by atoms with Gasteiger partial charge < -0.3 is 14.5 Å². The number of alkyl halides is 3. The van der Waals surface area contributed by atoms with Crippen LogP contribution in [0, 0.1) is 0 Å². The average molecular weight is 280 g/mol. The van der Waals surface area contributed by atoms with Crippen molar-refractivity contribution in [2.75, 3.05) is 37.7 Å². The third-order valence-electron chi connectivity index (χ3n) is 2.51. The number of halogens is 3. The standard InChI is InChI=1S/C8H11F3N6O2/c9-8(10,11)5-19-7(18)17-3-1-16(2-4-17)6-12-14-15-13-6/h1-5H2,(H,12,13,14,15). The molecule has 1 N–H and O–H groups in total. The number of hydrogen-bond donors (Lipinski definition) is 1. The van der Waals surface area contributed by atoms with Crippen LogP contribution in [0.25, 0.3) is 0 Å². The van der Waals surface area contributed by atoms with Gasteiger partial charge in [0, 0.05) is 26.2 Å². The molecule has 1 fully saturated rings. The Morgan fingerprint density at radius 1 is 1.32 bits per heavy atom. The lowest BCUT2D eigenvalue weighted by Gasteiger charge is -2.33. The molecular weight excluding hydrogens is 269 g/mol. The van der Waals surface area contributed by atoms with E-state index in [2.05, 4.69) is 25.4 Å². The van der Waals surface area contributed by atoms with E-state index in [0.717, 1.165) is 0 Å². The zero-order valence-electron chi connectivity index (χ0n) is 9.72. The molecule has 0 aromatic carbocycles. The van der Waals surface area contributed by atoms with Crippen LogP contribution in [0.5, 0.6) is 0 Å². The summed E-state index contributed by atoms with van der Waals surface area (Å²) >= 11 is 0. The van der Waals surface area contributed by atoms with E-state index in [-0.39, 0.29) is 13.1 Å². The highest BCUT2D eigenvalue weighted by molar-refractivity contribution is 5.68. The van der Waals surface area contributed by atoms with E-state index in [9.17, 15) is 18.0 Å². The first kappa shape index (κ1) is 13.4. The Morgan fingerprint density at radius 2 is 2.00 bits per heavy atom. The van der Waals surface area contributed by atoms with Gasteiger partial charge in [-0.1, -0.05) is 5.10 Å². The zero-order valence-corrected chi connectivity index (χ0v) is 9.72. The second-order valence-corrected chi connectivity index (χ2v) is 3.86. The molecule has 1 amide bonds. The van der Waals surface area contributed by atoms with Crippen molar-refractivity contribution in [3.63, 3.8) is 0 Å². The van der Waals surface area contributed by atoms with Crippen LogP contribution < -0.4 is 4.90 Å². The summed E-state index contributed by atoms with van der Waals surface area (Å²) in [5.41, 5.74) is 0. The van der Waals surface area contributed by atoms with E-state index >= 15 is 0 Å². The van der Waals surface area contributed by atoms with Gasteiger partial charge in [-0.3, -0.25) is 0 Å². The molecule has 0 radical (unpaired) electrons. The summed E-state index contributed by atoms with van der Waals surface area (Å²) in [6.07, 6.45) is -5.48. The fraction of sp³-hybridized carbons (Fsp3) is 0.750. The Bertz CT molecular complexity index is 415. The first-order chi connectivity index (χ1) is 8.96. The van der Waals surface area contributed by atoms with E-state index in [0.29, 0.717) is 19.0 Å². The highest BCUT2D eigenvalue weighted by Crippen LogP contribution is 2.16. The number of piperazine rings is 1. The van der Waals surface area contributed by atoms with Crippen LogP contribution >= 0.6 is 0 Å². The fourth-order valence-corrected chi connectivity index (χ4v) is 1.61. The quantitative estimate of drug-likeness (QED) is 0.821. The van der Waals surface area contributed by atoms with Crippen molar-refractivity contribution in [1.29, 1.82) is 0 Å². The fourth-order valence-electron chi connectivity index (χ4n) is 1.61. The minimum absolute atomic E-state index is 0.241. The summed E-state index contributed by atoms with van der Waals surface area (Å²) in [6.45, 7) is -0.283. The molecule has 2 rings (SSSR count). The van der Waals surface area contributed by atoms with Crippen LogP contribution in [-0.4, -0.2) is 70.6 Å². The number of carbonyl (C=O) groups is 1. The highest BCUT2D eigenvalue weighted by atomic mass is 19.4. The number of nitrogens with one attached hydrogen (secondary N) is 1. The van der Waals surface area contributed by atoms with Gasteiger partial charge >= 0.3 is 12.3 Å². The Hall–Kier alpha value is -2.07. The molecule has 2 heterocycles. The normalized spacial score (nSPS) is 16.6. The molecular formula is C8H11F3N6O2. The number of carbonyl (C=O) groups excluding carboxylic acids is 1. The number of nitrogens with zero attached hydrogens (tertiary/aromatic N) is 5. The van der Waals surface area contributed by atoms with Gasteiger partial charge in [-0.15, -0.1) is 5.10 Å². The molecule has 11 heteroatoms. The van der Waals surface area contributed by atoms with Gasteiger partial charge in [0.05, 0.1) is 0 Å². The molecule has 106 valence electrons. The van der Waals surface area contributed by atoms with Gasteiger partial charge in [-0.25, -0.2) is 4.79 Å². The lowest BCUT2D eigenvalue weighted by atomic mass is 10.3. The van der Waals surface area contributed by atoms with Crippen molar-refractivity contribution in [2.24, 2.45) is 0 Å². The minimum atomic E-state index is -4.51. The molecule has 8 nitrogen and oxygen atoms in total. The molecule has 0 unspecified atom stereocenters. The van der Waals surface area contributed by atoms with Gasteiger partial charge in [0.2, 0.25) is 0 Å². The Balaban J connectivity index is 1.78. The molecule has 0 bridgehead atoms. The molecule has 1 aromatic rings. The van der Waals surface area contributed by atoms with Crippen LogP contribution in [-0.2, 0) is 4.74 Å². The van der Waals surface area contributed by atoms with Crippen molar-refractivity contribution >= 4 is 12.0 Å². The van der Waals surface area contributed by atoms with Gasteiger partial charge in [0.15, 0.2) is 6.61 Å². The molecule has 19 heavy (non-hydrogen) atoms. The lowest BCUT2D eigenvalue weighted by molar-refractivity contribution is -0.162. The molecule has 1 aliphatic heterocycles. The second-order valence-electron chi connectivity index (χ2n) is 3.86. The summed E-state index contributed by atoms with van der Waals surface area (Å²) < 4.78 is 39.9. The maximum absolute atomic E-state index is 11.9. The number of rotatable bonds is 2. The Morgan fingerprint density at radius 3 is 2.53 bits per heavy atom. The van der Waals surface area contributed by atoms with Gasteiger partial charge in [0.1, 0.15) is 0 Å². The lowest BCUT2D eigenvalue weighted by Crippen LogP contribution is -2.49. The molecule has 0 atom stereocenters. The number of ether oxygens (including phenoxy) is 1. The Labute approximate surface area is 105 Å². The number of tetrazole rings is 1. The Kier molecular flexibility index (Phi) is 3.71. The number of aromatic amines is 1. The van der Waals surface area contributed by atoms with Gasteiger partial charge in [0.25, 0.3) is 5.95 Å². The monoisotopic (exact) mass is 280 g/mol. The topological polar surface area (TPSA) is 87.2 Å². The van der Waals surface area contributed by atoms with Crippen molar-refractivity contribution in [3.8, 4) is 0 Å². The third kappa shape index (κ3) is 3.69. The van der Waals surface area contributed by atoms with Crippen molar-refractivity contribution in [2.45, 2.75) is 6.18 Å². The van der Waals surface area contributed by atoms with E-state index in [1.165, 1.54) is 4.90 Å². The van der Waals surface area contributed by atoms with Crippen molar-refractivity contribution in [1.82, 2.24) is 25.5 Å². The van der Waals surface area contributed by atoms with E-state index in [1.807, 2.05) is 0 Å². The maximum Gasteiger partial charge on any atom is 0.422 e. The van der Waals surface area contributed by atoms with E-state index in [4.69, 9.17) is 0 Å². The zero-order chi connectivity index (χ0) is 13.9. The first-order valence-corrected chi connectivity index (χ1v) is 5.42. The summed E-state index contributed by atoms with van der Waals surface area (Å²) in [6, 6.07) is 0. The summed E-state index contributed by atoms with van der Waals surface area (Å²) in [5, 5.41) is 13.2. The number of aromatic nitrogens is 4. The van der Waals surface area contributed by atoms with E-state index < -0.39 is 18.9 Å². The van der Waals surface area contributed by atoms with Crippen molar-refractivity contribution < 1.29 is 22.7 Å². The first-order valence-electron chi connectivity index (χ1n) is 5.42. The van der Waals surface area contributed by atoms with E-state index in [1.54, 1.807) is 4.90 Å². The predicted octanol–water partition coefficient (Wildman–Crippen LogP) is 0.0206. The molecule has 0 saturated carbocycles. The van der Waals surface area contributed by atoms with Crippen LogP contribution in [0.3, 0.4) is 0 Å². The molecule has 0 aliphatic carbocycles. The predicted molar refractivity (Wildman–Crippen MR) is 55.4 cm³/mol. The molecule has 1 aliphatic rings. The second kappa shape index (κ2) is 5.28. The third-order valence-corrected chi connectivity index (χ3v) is 2.51.